The van der Waals surface area contributed by atoms with Gasteiger partial charge in [-0.25, -0.2) is 4.79 Å². The molecule has 1 aliphatic rings. The fourth-order valence-corrected chi connectivity index (χ4v) is 2.34. The van der Waals surface area contributed by atoms with Crippen LogP contribution in [0.1, 0.15) is 40.5 Å². The summed E-state index contributed by atoms with van der Waals surface area (Å²) in [5.74, 6) is -1.45. The molecule has 3 unspecified atom stereocenters. The third-order valence-corrected chi connectivity index (χ3v) is 3.41. The molecule has 2 amide bonds. The second-order valence-electron chi connectivity index (χ2n) is 6.63. The fourth-order valence-electron chi connectivity index (χ4n) is 2.34. The molecule has 6 heteroatoms. The number of hydrogen-bond acceptors (Lipinski definition) is 3. The molecule has 1 heterocycles. The second-order valence-corrected chi connectivity index (χ2v) is 6.63. The molecule has 0 bridgehead atoms. The molecule has 3 atom stereocenters. The van der Waals surface area contributed by atoms with E-state index >= 15 is 0 Å². The summed E-state index contributed by atoms with van der Waals surface area (Å²) in [4.78, 5) is 23.0. The molecule has 0 radical (unpaired) electrons. The lowest BCUT2D eigenvalue weighted by atomic mass is 9.84. The van der Waals surface area contributed by atoms with Crippen LogP contribution >= 0.6 is 0 Å². The van der Waals surface area contributed by atoms with Gasteiger partial charge in [-0.3, -0.25) is 4.79 Å². The Labute approximate surface area is 120 Å². The molecule has 6 nitrogen and oxygen atoms in total. The number of carboxylic acids is 1. The van der Waals surface area contributed by atoms with E-state index in [1.807, 2.05) is 27.7 Å². The smallest absolute Gasteiger partial charge is 0.315 e. The number of carbonyl (C=O) groups excluding carboxylic acids is 1. The van der Waals surface area contributed by atoms with Crippen LogP contribution in [-0.4, -0.2) is 42.4 Å². The van der Waals surface area contributed by atoms with Crippen LogP contribution in [0.3, 0.4) is 0 Å². The number of nitrogens with one attached hydrogen (secondary N) is 2. The third-order valence-electron chi connectivity index (χ3n) is 3.41. The van der Waals surface area contributed by atoms with Crippen molar-refractivity contribution in [2.45, 2.75) is 52.7 Å². The molecule has 116 valence electrons. The highest BCUT2D eigenvalue weighted by Crippen LogP contribution is 2.24. The Kier molecular flexibility index (Phi) is 5.80. The van der Waals surface area contributed by atoms with Gasteiger partial charge in [0.05, 0.1) is 18.1 Å². The molecule has 1 saturated heterocycles. The zero-order valence-electron chi connectivity index (χ0n) is 12.7. The summed E-state index contributed by atoms with van der Waals surface area (Å²) in [6.07, 6.45) is 1.32. The number of carboxylic acid groups (broad SMARTS) is 1. The van der Waals surface area contributed by atoms with E-state index in [4.69, 9.17) is 4.74 Å². The molecule has 0 spiro atoms. The molecule has 0 aromatic carbocycles. The summed E-state index contributed by atoms with van der Waals surface area (Å²) >= 11 is 0. The van der Waals surface area contributed by atoms with E-state index in [0.717, 1.165) is 6.42 Å². The highest BCUT2D eigenvalue weighted by molar-refractivity contribution is 5.76. The summed E-state index contributed by atoms with van der Waals surface area (Å²) in [6, 6.07) is -0.326. The first-order valence-corrected chi connectivity index (χ1v) is 7.08. The van der Waals surface area contributed by atoms with Crippen molar-refractivity contribution in [1.29, 1.82) is 0 Å². The predicted octanol–water partition coefficient (Wildman–Crippen LogP) is 1.60. The number of hydrogen-bond donors (Lipinski definition) is 3. The summed E-state index contributed by atoms with van der Waals surface area (Å²) in [7, 11) is 0. The number of ether oxygens (including phenoxy) is 1. The van der Waals surface area contributed by atoms with Crippen molar-refractivity contribution < 1.29 is 19.4 Å². The largest absolute Gasteiger partial charge is 0.481 e. The van der Waals surface area contributed by atoms with E-state index in [-0.39, 0.29) is 30.1 Å². The van der Waals surface area contributed by atoms with E-state index in [1.54, 1.807) is 0 Å². The van der Waals surface area contributed by atoms with Gasteiger partial charge in [0.2, 0.25) is 0 Å². The van der Waals surface area contributed by atoms with E-state index in [0.29, 0.717) is 13.0 Å². The van der Waals surface area contributed by atoms with E-state index in [2.05, 4.69) is 10.6 Å². The first-order valence-electron chi connectivity index (χ1n) is 7.08. The van der Waals surface area contributed by atoms with Crippen LogP contribution in [0.15, 0.2) is 0 Å². The summed E-state index contributed by atoms with van der Waals surface area (Å²) < 4.78 is 5.36. The van der Waals surface area contributed by atoms with Gasteiger partial charge >= 0.3 is 12.0 Å². The van der Waals surface area contributed by atoms with Crippen molar-refractivity contribution in [3.05, 3.63) is 0 Å². The number of amides is 2. The molecule has 1 fully saturated rings. The highest BCUT2D eigenvalue weighted by atomic mass is 16.5. The first-order chi connectivity index (χ1) is 9.19. The standard InChI is InChI=1S/C14H26N2O4/c1-9-11(5-6-20-9)16-13(19)15-8-10(12(17)18)7-14(2,3)4/h9-11H,5-8H2,1-4H3,(H,17,18)(H2,15,16,19). The summed E-state index contributed by atoms with van der Waals surface area (Å²) in [5, 5.41) is 14.6. The van der Waals surface area contributed by atoms with Crippen molar-refractivity contribution in [3.63, 3.8) is 0 Å². The van der Waals surface area contributed by atoms with Crippen molar-refractivity contribution in [3.8, 4) is 0 Å². The normalized spacial score (nSPS) is 24.2. The minimum atomic E-state index is -0.877. The predicted molar refractivity (Wildman–Crippen MR) is 75.6 cm³/mol. The second kappa shape index (κ2) is 6.92. The molecule has 0 aliphatic carbocycles. The monoisotopic (exact) mass is 286 g/mol. The van der Waals surface area contributed by atoms with Crippen LogP contribution in [0.4, 0.5) is 4.79 Å². The van der Waals surface area contributed by atoms with Crippen molar-refractivity contribution in [2.24, 2.45) is 11.3 Å². The molecule has 20 heavy (non-hydrogen) atoms. The number of aliphatic carboxylic acids is 1. The maximum atomic E-state index is 11.8. The zero-order valence-corrected chi connectivity index (χ0v) is 12.7. The Balaban J connectivity index is 2.39. The van der Waals surface area contributed by atoms with E-state index < -0.39 is 11.9 Å². The lowest BCUT2D eigenvalue weighted by molar-refractivity contribution is -0.142. The maximum Gasteiger partial charge on any atom is 0.315 e. The molecule has 3 N–H and O–H groups in total. The lowest BCUT2D eigenvalue weighted by Crippen LogP contribution is -2.47. The highest BCUT2D eigenvalue weighted by Gasteiger charge is 2.27. The quantitative estimate of drug-likeness (QED) is 0.716. The Bertz CT molecular complexity index is 352. The fraction of sp³-hybridized carbons (Fsp3) is 0.857. The number of rotatable bonds is 5. The van der Waals surface area contributed by atoms with Crippen LogP contribution in [-0.2, 0) is 9.53 Å². The van der Waals surface area contributed by atoms with Gasteiger partial charge in [-0.2, -0.15) is 0 Å². The summed E-state index contributed by atoms with van der Waals surface area (Å²) in [5.41, 5.74) is -0.0883. The van der Waals surface area contributed by atoms with Gasteiger partial charge < -0.3 is 20.5 Å². The molecule has 0 saturated carbocycles. The zero-order chi connectivity index (χ0) is 15.3. The van der Waals surface area contributed by atoms with Crippen LogP contribution in [0.25, 0.3) is 0 Å². The van der Waals surface area contributed by atoms with Gasteiger partial charge in [-0.15, -0.1) is 0 Å². The third kappa shape index (κ3) is 5.77. The van der Waals surface area contributed by atoms with Crippen LogP contribution < -0.4 is 10.6 Å². The van der Waals surface area contributed by atoms with Crippen molar-refractivity contribution in [2.75, 3.05) is 13.2 Å². The SMILES string of the molecule is CC1OCCC1NC(=O)NCC(CC(C)(C)C)C(=O)O. The molecular weight excluding hydrogens is 260 g/mol. The van der Waals surface area contributed by atoms with Crippen LogP contribution in [0.2, 0.25) is 0 Å². The van der Waals surface area contributed by atoms with Gasteiger partial charge in [-0.1, -0.05) is 20.8 Å². The molecule has 1 rings (SSSR count). The van der Waals surface area contributed by atoms with Gasteiger partial charge in [0.1, 0.15) is 0 Å². The molecule has 0 aromatic heterocycles. The Morgan fingerprint density at radius 1 is 1.40 bits per heavy atom. The first kappa shape index (κ1) is 16.8. The Morgan fingerprint density at radius 2 is 2.05 bits per heavy atom. The summed E-state index contributed by atoms with van der Waals surface area (Å²) in [6.45, 7) is 8.66. The average molecular weight is 286 g/mol. The average Bonchev–Trinajstić information content (AvgIpc) is 2.68. The molecule has 0 aromatic rings. The van der Waals surface area contributed by atoms with Gasteiger partial charge in [0, 0.05) is 13.2 Å². The maximum absolute atomic E-state index is 11.8. The van der Waals surface area contributed by atoms with Crippen molar-refractivity contribution >= 4 is 12.0 Å². The van der Waals surface area contributed by atoms with Crippen molar-refractivity contribution in [1.82, 2.24) is 10.6 Å². The Hall–Kier alpha value is -1.30. The lowest BCUT2D eigenvalue weighted by Gasteiger charge is -2.24. The Morgan fingerprint density at radius 3 is 2.50 bits per heavy atom. The topological polar surface area (TPSA) is 87.7 Å². The number of urea groups is 1. The van der Waals surface area contributed by atoms with Crippen LogP contribution in [0, 0.1) is 11.3 Å². The minimum absolute atomic E-state index is 0.000828. The molecule has 1 aliphatic heterocycles. The minimum Gasteiger partial charge on any atom is -0.481 e. The molecular formula is C14H26N2O4. The van der Waals surface area contributed by atoms with Gasteiger partial charge in [0.15, 0.2) is 0 Å². The number of carbonyl (C=O) groups is 2. The van der Waals surface area contributed by atoms with E-state index in [1.165, 1.54) is 0 Å². The van der Waals surface area contributed by atoms with E-state index in [9.17, 15) is 14.7 Å². The van der Waals surface area contributed by atoms with Crippen LogP contribution in [0.5, 0.6) is 0 Å². The van der Waals surface area contributed by atoms with Gasteiger partial charge in [-0.05, 0) is 25.2 Å². The van der Waals surface area contributed by atoms with Gasteiger partial charge in [0.25, 0.3) is 0 Å².